The van der Waals surface area contributed by atoms with Gasteiger partial charge in [-0.3, -0.25) is 14.5 Å². The van der Waals surface area contributed by atoms with Crippen LogP contribution in [0.1, 0.15) is 12.0 Å². The van der Waals surface area contributed by atoms with Crippen LogP contribution in [-0.4, -0.2) is 74.9 Å². The Bertz CT molecular complexity index is 1210. The summed E-state index contributed by atoms with van der Waals surface area (Å²) in [6.07, 6.45) is 0.0993. The predicted octanol–water partition coefficient (Wildman–Crippen LogP) is 1.40. The number of carbonyl (C=O) groups excluding carboxylic acids is 2. The molecule has 0 radical (unpaired) electrons. The molecule has 2 amide bonds. The zero-order valence-electron chi connectivity index (χ0n) is 18.3. The highest BCUT2D eigenvalue weighted by atomic mass is 32.2. The van der Waals surface area contributed by atoms with Crippen molar-refractivity contribution in [3.8, 4) is 11.5 Å². The van der Waals surface area contributed by atoms with Crippen molar-refractivity contribution in [3.63, 3.8) is 0 Å². The second kappa shape index (κ2) is 8.44. The molecule has 0 spiro atoms. The van der Waals surface area contributed by atoms with Gasteiger partial charge >= 0.3 is 0 Å². The van der Waals surface area contributed by atoms with Gasteiger partial charge in [0.2, 0.25) is 15.9 Å². The van der Waals surface area contributed by atoms with Crippen molar-refractivity contribution in [1.82, 2.24) is 9.21 Å². The maximum atomic E-state index is 13.2. The lowest BCUT2D eigenvalue weighted by Crippen LogP contribution is -2.53. The summed E-state index contributed by atoms with van der Waals surface area (Å²) in [5, 5.41) is 0. The number of imide groups is 1. The fourth-order valence-electron chi connectivity index (χ4n) is 4.56. The average Bonchev–Trinajstić information content (AvgIpc) is 3.13. The third-order valence-corrected chi connectivity index (χ3v) is 8.24. The number of amides is 2. The fraction of sp³-hybridized carbons (Fsp3) is 0.391. The number of aryl methyl sites for hydroxylation is 1. The number of rotatable bonds is 4. The molecule has 10 heteroatoms. The van der Waals surface area contributed by atoms with E-state index in [1.54, 1.807) is 18.2 Å². The molecule has 0 bridgehead atoms. The van der Waals surface area contributed by atoms with E-state index in [9.17, 15) is 18.0 Å². The zero-order valence-corrected chi connectivity index (χ0v) is 19.1. The summed E-state index contributed by atoms with van der Waals surface area (Å²) in [7, 11) is -3.72. The third-order valence-electron chi connectivity index (χ3n) is 6.34. The maximum Gasteiger partial charge on any atom is 0.251 e. The monoisotopic (exact) mass is 471 g/mol. The molecule has 0 saturated carbocycles. The number of hydrogen-bond donors (Lipinski definition) is 0. The van der Waals surface area contributed by atoms with Crippen LogP contribution in [0.15, 0.2) is 47.4 Å². The Morgan fingerprint density at radius 1 is 0.909 bits per heavy atom. The number of carbonyl (C=O) groups is 2. The molecule has 5 rings (SSSR count). The van der Waals surface area contributed by atoms with E-state index in [2.05, 4.69) is 0 Å². The van der Waals surface area contributed by atoms with Crippen LogP contribution in [0.4, 0.5) is 5.69 Å². The van der Waals surface area contributed by atoms with Crippen LogP contribution < -0.4 is 14.4 Å². The molecule has 0 aliphatic carbocycles. The molecule has 2 saturated heterocycles. The molecule has 0 aromatic heterocycles. The van der Waals surface area contributed by atoms with Crippen molar-refractivity contribution in [3.05, 3.63) is 48.0 Å². The van der Waals surface area contributed by atoms with Gasteiger partial charge in [-0.15, -0.1) is 0 Å². The van der Waals surface area contributed by atoms with E-state index in [0.717, 1.165) is 5.56 Å². The number of anilines is 1. The second-order valence-corrected chi connectivity index (χ2v) is 10.3. The molecule has 0 unspecified atom stereocenters. The highest BCUT2D eigenvalue weighted by Crippen LogP contribution is 2.34. The molecule has 3 aliphatic rings. The quantitative estimate of drug-likeness (QED) is 0.622. The van der Waals surface area contributed by atoms with Crippen LogP contribution in [0.3, 0.4) is 0 Å². The molecular formula is C23H25N3O6S. The van der Waals surface area contributed by atoms with Gasteiger partial charge in [-0.2, -0.15) is 4.31 Å². The molecule has 2 aromatic carbocycles. The number of benzene rings is 2. The molecule has 1 atom stereocenters. The maximum absolute atomic E-state index is 13.2. The summed E-state index contributed by atoms with van der Waals surface area (Å²) in [5.74, 6) is 0.475. The minimum atomic E-state index is -3.72. The van der Waals surface area contributed by atoms with E-state index in [-0.39, 0.29) is 36.2 Å². The highest BCUT2D eigenvalue weighted by molar-refractivity contribution is 7.89. The molecule has 33 heavy (non-hydrogen) atoms. The fourth-order valence-corrected chi connectivity index (χ4v) is 6.00. The summed E-state index contributed by atoms with van der Waals surface area (Å²) < 4.78 is 38.7. The lowest BCUT2D eigenvalue weighted by Gasteiger charge is -2.36. The van der Waals surface area contributed by atoms with E-state index >= 15 is 0 Å². The van der Waals surface area contributed by atoms with Gasteiger partial charge in [0.1, 0.15) is 13.2 Å². The van der Waals surface area contributed by atoms with Gasteiger partial charge in [0.15, 0.2) is 11.5 Å². The smallest absolute Gasteiger partial charge is 0.251 e. The lowest BCUT2D eigenvalue weighted by atomic mass is 10.1. The van der Waals surface area contributed by atoms with Crippen LogP contribution in [0, 0.1) is 6.92 Å². The van der Waals surface area contributed by atoms with Gasteiger partial charge in [0.25, 0.3) is 5.91 Å². The first-order chi connectivity index (χ1) is 15.9. The minimum absolute atomic E-state index is 0.0993. The van der Waals surface area contributed by atoms with Crippen molar-refractivity contribution in [1.29, 1.82) is 0 Å². The summed E-state index contributed by atoms with van der Waals surface area (Å²) in [6.45, 7) is 3.89. The average molecular weight is 472 g/mol. The van der Waals surface area contributed by atoms with Gasteiger partial charge in [-0.1, -0.05) is 18.2 Å². The number of ether oxygens (including phenoxy) is 2. The van der Waals surface area contributed by atoms with Crippen molar-refractivity contribution in [2.45, 2.75) is 24.3 Å². The van der Waals surface area contributed by atoms with Crippen LogP contribution >= 0.6 is 0 Å². The van der Waals surface area contributed by atoms with E-state index in [4.69, 9.17) is 9.47 Å². The number of hydrogen-bond acceptors (Lipinski definition) is 7. The summed E-state index contributed by atoms with van der Waals surface area (Å²) >= 11 is 0. The van der Waals surface area contributed by atoms with Crippen molar-refractivity contribution in [2.75, 3.05) is 44.3 Å². The van der Waals surface area contributed by atoms with Crippen molar-refractivity contribution in [2.24, 2.45) is 0 Å². The lowest BCUT2D eigenvalue weighted by molar-refractivity contribution is -0.123. The second-order valence-electron chi connectivity index (χ2n) is 8.32. The topological polar surface area (TPSA) is 96.5 Å². The Morgan fingerprint density at radius 3 is 2.33 bits per heavy atom. The highest BCUT2D eigenvalue weighted by Gasteiger charge is 2.44. The summed E-state index contributed by atoms with van der Waals surface area (Å²) in [6, 6.07) is 11.4. The first-order valence-corrected chi connectivity index (χ1v) is 12.4. The molecule has 2 fully saturated rings. The number of piperazine rings is 1. The summed E-state index contributed by atoms with van der Waals surface area (Å²) in [5.41, 5.74) is 1.46. The summed E-state index contributed by atoms with van der Waals surface area (Å²) in [4.78, 5) is 29.1. The van der Waals surface area contributed by atoms with Crippen molar-refractivity contribution >= 4 is 27.5 Å². The van der Waals surface area contributed by atoms with Gasteiger partial charge in [-0.05, 0) is 30.7 Å². The zero-order chi connectivity index (χ0) is 23.2. The Labute approximate surface area is 192 Å². The Hall–Kier alpha value is -2.95. The third kappa shape index (κ3) is 3.88. The molecule has 3 heterocycles. The standard InChI is InChI=1S/C23H25N3O6S/c1-16-4-2-3-5-18(16)26-22(27)15-19(23(26)28)24-8-10-25(11-9-24)33(29,30)17-6-7-20-21(14-17)32-13-12-31-20/h2-7,14,19H,8-13,15H2,1H3/t19-/m0/s1. The van der Waals surface area contributed by atoms with E-state index in [1.165, 1.54) is 21.3 Å². The van der Waals surface area contributed by atoms with Crippen LogP contribution in [0.2, 0.25) is 0 Å². The number of nitrogens with zero attached hydrogens (tertiary/aromatic N) is 3. The number of fused-ring (bicyclic) bond motifs is 1. The molecule has 174 valence electrons. The number of para-hydroxylation sites is 1. The molecule has 3 aliphatic heterocycles. The van der Waals surface area contributed by atoms with Gasteiger partial charge in [-0.25, -0.2) is 13.3 Å². The SMILES string of the molecule is Cc1ccccc1N1C(=O)C[C@H](N2CCN(S(=O)(=O)c3ccc4c(c3)OCCO4)CC2)C1=O. The number of sulfonamides is 1. The van der Waals surface area contributed by atoms with Gasteiger partial charge < -0.3 is 9.47 Å². The van der Waals surface area contributed by atoms with Crippen molar-refractivity contribution < 1.29 is 27.5 Å². The molecular weight excluding hydrogens is 446 g/mol. The van der Waals surface area contributed by atoms with Crippen LogP contribution in [-0.2, 0) is 19.6 Å². The van der Waals surface area contributed by atoms with E-state index in [0.29, 0.717) is 43.5 Å². The van der Waals surface area contributed by atoms with E-state index in [1.807, 2.05) is 24.0 Å². The molecule has 9 nitrogen and oxygen atoms in total. The Balaban J connectivity index is 1.28. The largest absolute Gasteiger partial charge is 0.486 e. The van der Waals surface area contributed by atoms with Gasteiger partial charge in [0, 0.05) is 32.2 Å². The molecule has 0 N–H and O–H groups in total. The predicted molar refractivity (Wildman–Crippen MR) is 120 cm³/mol. The van der Waals surface area contributed by atoms with Crippen LogP contribution in [0.5, 0.6) is 11.5 Å². The Kier molecular flexibility index (Phi) is 5.59. The van der Waals surface area contributed by atoms with Gasteiger partial charge in [0.05, 0.1) is 23.0 Å². The first-order valence-electron chi connectivity index (χ1n) is 10.9. The normalized spacial score (nSPS) is 22.1. The van der Waals surface area contributed by atoms with Crippen LogP contribution in [0.25, 0.3) is 0 Å². The van der Waals surface area contributed by atoms with E-state index < -0.39 is 16.1 Å². The Morgan fingerprint density at radius 2 is 1.61 bits per heavy atom. The minimum Gasteiger partial charge on any atom is -0.486 e. The first kappa shape index (κ1) is 21.9. The molecule has 2 aromatic rings.